The van der Waals surface area contributed by atoms with E-state index in [9.17, 15) is 5.11 Å². The maximum atomic E-state index is 10.7. The molecule has 0 bridgehead atoms. The Kier molecular flexibility index (Phi) is 4.72. The second-order valence-corrected chi connectivity index (χ2v) is 6.62. The van der Waals surface area contributed by atoms with Crippen molar-refractivity contribution in [1.82, 2.24) is 9.78 Å². The van der Waals surface area contributed by atoms with Crippen LogP contribution in [0.15, 0.2) is 4.47 Å². The van der Waals surface area contributed by atoms with Gasteiger partial charge >= 0.3 is 0 Å². The normalized spacial score (nSPS) is 19.8. The van der Waals surface area contributed by atoms with Gasteiger partial charge in [-0.05, 0) is 47.0 Å². The first-order chi connectivity index (χ1) is 9.04. The van der Waals surface area contributed by atoms with E-state index in [1.165, 1.54) is 25.7 Å². The summed E-state index contributed by atoms with van der Waals surface area (Å²) in [6.07, 6.45) is 7.30. The Morgan fingerprint density at radius 2 is 2.00 bits per heavy atom. The molecular weight excluding hydrogens is 304 g/mol. The third-order valence-electron chi connectivity index (χ3n) is 4.90. The van der Waals surface area contributed by atoms with Crippen molar-refractivity contribution >= 4 is 15.9 Å². The van der Waals surface area contributed by atoms with Gasteiger partial charge in [-0.3, -0.25) is 4.68 Å². The molecule has 19 heavy (non-hydrogen) atoms. The molecular formula is C15H25BrN2O. The lowest BCUT2D eigenvalue weighted by Gasteiger charge is -2.33. The molecule has 0 amide bonds. The Morgan fingerprint density at radius 1 is 1.37 bits per heavy atom. The molecule has 1 aliphatic rings. The first-order valence-corrected chi connectivity index (χ1v) is 8.21. The zero-order chi connectivity index (χ0) is 14.0. The first-order valence-electron chi connectivity index (χ1n) is 7.42. The van der Waals surface area contributed by atoms with Crippen LogP contribution in [0.3, 0.4) is 0 Å². The predicted octanol–water partition coefficient (Wildman–Crippen LogP) is 3.62. The minimum Gasteiger partial charge on any atom is -0.392 e. The molecule has 0 aromatic carbocycles. The summed E-state index contributed by atoms with van der Waals surface area (Å²) in [5.74, 6) is 0. The number of hydrogen-bond donors (Lipinski definition) is 1. The largest absolute Gasteiger partial charge is 0.392 e. The van der Waals surface area contributed by atoms with E-state index in [2.05, 4.69) is 34.9 Å². The van der Waals surface area contributed by atoms with Gasteiger partial charge in [-0.15, -0.1) is 0 Å². The lowest BCUT2D eigenvalue weighted by Crippen LogP contribution is -2.34. The van der Waals surface area contributed by atoms with Crippen molar-refractivity contribution in [2.75, 3.05) is 0 Å². The summed E-state index contributed by atoms with van der Waals surface area (Å²) in [4.78, 5) is 0. The van der Waals surface area contributed by atoms with E-state index in [0.29, 0.717) is 6.42 Å². The van der Waals surface area contributed by atoms with Gasteiger partial charge in [0.05, 0.1) is 22.0 Å². The summed E-state index contributed by atoms with van der Waals surface area (Å²) < 4.78 is 3.01. The zero-order valence-corrected chi connectivity index (χ0v) is 13.8. The van der Waals surface area contributed by atoms with Crippen molar-refractivity contribution in [2.45, 2.75) is 64.9 Å². The zero-order valence-electron chi connectivity index (χ0n) is 12.2. The number of rotatable bonds is 5. The topological polar surface area (TPSA) is 38.0 Å². The third-order valence-corrected chi connectivity index (χ3v) is 5.82. The number of aliphatic hydroxyl groups is 1. The van der Waals surface area contributed by atoms with E-state index in [0.717, 1.165) is 28.7 Å². The lowest BCUT2D eigenvalue weighted by molar-refractivity contribution is 0.0243. The Hall–Kier alpha value is -0.350. The van der Waals surface area contributed by atoms with E-state index in [-0.39, 0.29) is 11.5 Å². The monoisotopic (exact) mass is 328 g/mol. The summed E-state index contributed by atoms with van der Waals surface area (Å²) in [6, 6.07) is 0. The smallest absolute Gasteiger partial charge is 0.0766 e. The molecule has 108 valence electrons. The summed E-state index contributed by atoms with van der Waals surface area (Å²) in [7, 11) is 1.97. The highest BCUT2D eigenvalue weighted by atomic mass is 79.9. The van der Waals surface area contributed by atoms with Crippen molar-refractivity contribution in [1.29, 1.82) is 0 Å². The van der Waals surface area contributed by atoms with Crippen LogP contribution < -0.4 is 0 Å². The quantitative estimate of drug-likeness (QED) is 0.896. The molecule has 1 aromatic rings. The van der Waals surface area contributed by atoms with Gasteiger partial charge in [0.1, 0.15) is 0 Å². The molecule has 0 saturated heterocycles. The maximum Gasteiger partial charge on any atom is 0.0766 e. The highest BCUT2D eigenvalue weighted by molar-refractivity contribution is 9.10. The molecule has 1 atom stereocenters. The van der Waals surface area contributed by atoms with Crippen molar-refractivity contribution in [3.8, 4) is 0 Å². The third kappa shape index (κ3) is 2.75. The second kappa shape index (κ2) is 5.96. The van der Waals surface area contributed by atoms with Gasteiger partial charge in [0.25, 0.3) is 0 Å². The van der Waals surface area contributed by atoms with E-state index in [4.69, 9.17) is 0 Å². The summed E-state index contributed by atoms with van der Waals surface area (Å²) in [6.45, 7) is 4.32. The van der Waals surface area contributed by atoms with Gasteiger partial charge in [-0.25, -0.2) is 0 Å². The number of nitrogens with zero attached hydrogens (tertiary/aromatic N) is 2. The van der Waals surface area contributed by atoms with Gasteiger partial charge in [-0.2, -0.15) is 5.10 Å². The molecule has 2 rings (SSSR count). The SMILES string of the molecule is CCc1nn(C)c(CC(O)C2(CC)CCCC2)c1Br. The van der Waals surface area contributed by atoms with Crippen molar-refractivity contribution < 1.29 is 5.11 Å². The maximum absolute atomic E-state index is 10.7. The molecule has 1 saturated carbocycles. The van der Waals surface area contributed by atoms with Crippen LogP contribution in [0.25, 0.3) is 0 Å². The van der Waals surface area contributed by atoms with Crippen LogP contribution in [0.4, 0.5) is 0 Å². The molecule has 4 heteroatoms. The van der Waals surface area contributed by atoms with Gasteiger partial charge in [0, 0.05) is 13.5 Å². The van der Waals surface area contributed by atoms with E-state index in [1.807, 2.05) is 11.7 Å². The minimum absolute atomic E-state index is 0.135. The average Bonchev–Trinajstić information content (AvgIpc) is 2.99. The number of hydrogen-bond acceptors (Lipinski definition) is 2. The molecule has 1 heterocycles. The number of aryl methyl sites for hydroxylation is 2. The summed E-state index contributed by atoms with van der Waals surface area (Å²) >= 11 is 3.64. The fourth-order valence-corrected chi connectivity index (χ4v) is 4.22. The van der Waals surface area contributed by atoms with E-state index >= 15 is 0 Å². The summed E-state index contributed by atoms with van der Waals surface area (Å²) in [5.41, 5.74) is 2.35. The molecule has 0 radical (unpaired) electrons. The highest BCUT2D eigenvalue weighted by Crippen LogP contribution is 2.45. The van der Waals surface area contributed by atoms with Crippen LogP contribution in [-0.4, -0.2) is 21.0 Å². The Labute approximate surface area is 124 Å². The van der Waals surface area contributed by atoms with Crippen molar-refractivity contribution in [2.24, 2.45) is 12.5 Å². The lowest BCUT2D eigenvalue weighted by atomic mass is 9.76. The van der Waals surface area contributed by atoms with Crippen molar-refractivity contribution in [3.63, 3.8) is 0 Å². The standard InChI is InChI=1S/C15H25BrN2O/c1-4-11-14(16)12(18(3)17-11)10-13(19)15(5-2)8-6-7-9-15/h13,19H,4-10H2,1-3H3. The average molecular weight is 329 g/mol. The second-order valence-electron chi connectivity index (χ2n) is 5.83. The van der Waals surface area contributed by atoms with Crippen molar-refractivity contribution in [3.05, 3.63) is 15.9 Å². The van der Waals surface area contributed by atoms with E-state index < -0.39 is 0 Å². The number of aliphatic hydroxyl groups excluding tert-OH is 1. The molecule has 1 N–H and O–H groups in total. The fourth-order valence-electron chi connectivity index (χ4n) is 3.44. The van der Waals surface area contributed by atoms with Crippen LogP contribution in [0.5, 0.6) is 0 Å². The number of aromatic nitrogens is 2. The van der Waals surface area contributed by atoms with Gasteiger partial charge in [0.15, 0.2) is 0 Å². The Bertz CT molecular complexity index is 436. The molecule has 1 aromatic heterocycles. The van der Waals surface area contributed by atoms with E-state index in [1.54, 1.807) is 0 Å². The van der Waals surface area contributed by atoms with Crippen LogP contribution in [0.1, 0.15) is 57.3 Å². The highest BCUT2D eigenvalue weighted by Gasteiger charge is 2.39. The van der Waals surface area contributed by atoms with Gasteiger partial charge in [-0.1, -0.05) is 26.7 Å². The van der Waals surface area contributed by atoms with Crippen LogP contribution in [-0.2, 0) is 19.9 Å². The van der Waals surface area contributed by atoms with Crippen LogP contribution >= 0.6 is 15.9 Å². The molecule has 0 spiro atoms. The molecule has 1 unspecified atom stereocenters. The Balaban J connectivity index is 2.18. The molecule has 1 fully saturated rings. The molecule has 3 nitrogen and oxygen atoms in total. The summed E-state index contributed by atoms with van der Waals surface area (Å²) in [5, 5.41) is 15.2. The van der Waals surface area contributed by atoms with Gasteiger partial charge in [0.2, 0.25) is 0 Å². The first kappa shape index (κ1) is 15.0. The van der Waals surface area contributed by atoms with Crippen LogP contribution in [0, 0.1) is 5.41 Å². The molecule has 0 aliphatic heterocycles. The molecule has 1 aliphatic carbocycles. The predicted molar refractivity (Wildman–Crippen MR) is 81.2 cm³/mol. The minimum atomic E-state index is -0.253. The number of halogens is 1. The fraction of sp³-hybridized carbons (Fsp3) is 0.800. The van der Waals surface area contributed by atoms with Gasteiger partial charge < -0.3 is 5.11 Å². The Morgan fingerprint density at radius 3 is 2.47 bits per heavy atom. The van der Waals surface area contributed by atoms with Crippen LogP contribution in [0.2, 0.25) is 0 Å².